The van der Waals surface area contributed by atoms with Crippen molar-refractivity contribution >= 4 is 15.9 Å². The summed E-state index contributed by atoms with van der Waals surface area (Å²) in [5.74, 6) is -0.259. The van der Waals surface area contributed by atoms with E-state index < -0.39 is 0 Å². The van der Waals surface area contributed by atoms with Crippen LogP contribution in [0.25, 0.3) is 11.3 Å². The quantitative estimate of drug-likeness (QED) is 0.909. The lowest BCUT2D eigenvalue weighted by Gasteiger charge is -2.04. The van der Waals surface area contributed by atoms with Gasteiger partial charge in [-0.05, 0) is 25.2 Å². The summed E-state index contributed by atoms with van der Waals surface area (Å²) >= 11 is 3.33. The summed E-state index contributed by atoms with van der Waals surface area (Å²) in [4.78, 5) is 0. The molecule has 1 aromatic heterocycles. The van der Waals surface area contributed by atoms with Gasteiger partial charge in [-0.15, -0.1) is 0 Å². The highest BCUT2D eigenvalue weighted by molar-refractivity contribution is 9.10. The van der Waals surface area contributed by atoms with Crippen molar-refractivity contribution < 1.29 is 4.39 Å². The Bertz CT molecular complexity index is 496. The van der Waals surface area contributed by atoms with Gasteiger partial charge in [-0.2, -0.15) is 5.10 Å². The monoisotopic (exact) mass is 283 g/mol. The van der Waals surface area contributed by atoms with E-state index in [9.17, 15) is 4.39 Å². The van der Waals surface area contributed by atoms with Gasteiger partial charge in [0.05, 0.1) is 11.9 Å². The van der Waals surface area contributed by atoms with Crippen LogP contribution >= 0.6 is 15.9 Å². The van der Waals surface area contributed by atoms with E-state index in [0.717, 1.165) is 10.0 Å². The average Bonchev–Trinajstić information content (AvgIpc) is 2.70. The molecule has 2 aromatic rings. The van der Waals surface area contributed by atoms with Crippen LogP contribution in [0, 0.1) is 5.82 Å². The zero-order valence-electron chi connectivity index (χ0n) is 8.72. The lowest BCUT2D eigenvalue weighted by atomic mass is 10.1. The Hall–Kier alpha value is -1.20. The number of nitrogens with zero attached hydrogens (tertiary/aromatic N) is 1. The molecule has 0 radical (unpaired) electrons. The molecule has 0 bridgehead atoms. The molecule has 0 saturated heterocycles. The summed E-state index contributed by atoms with van der Waals surface area (Å²) < 4.78 is 14.5. The minimum atomic E-state index is -0.259. The van der Waals surface area contributed by atoms with E-state index in [-0.39, 0.29) is 5.82 Å². The number of H-pyrrole nitrogens is 1. The fourth-order valence-corrected chi connectivity index (χ4v) is 1.92. The molecule has 0 saturated carbocycles. The normalized spacial score (nSPS) is 10.7. The number of nitrogens with one attached hydrogen (secondary N) is 2. The highest BCUT2D eigenvalue weighted by Gasteiger charge is 2.11. The van der Waals surface area contributed by atoms with Crippen molar-refractivity contribution in [1.82, 2.24) is 15.5 Å². The zero-order chi connectivity index (χ0) is 11.5. The summed E-state index contributed by atoms with van der Waals surface area (Å²) in [5, 5.41) is 9.79. The first-order valence-electron chi connectivity index (χ1n) is 4.84. The highest BCUT2D eigenvalue weighted by atomic mass is 79.9. The number of hydrogen-bond acceptors (Lipinski definition) is 2. The smallest absolute Gasteiger partial charge is 0.132 e. The van der Waals surface area contributed by atoms with E-state index in [1.165, 1.54) is 6.07 Å². The fourth-order valence-electron chi connectivity index (χ4n) is 1.56. The maximum Gasteiger partial charge on any atom is 0.132 e. The Kier molecular flexibility index (Phi) is 3.36. The van der Waals surface area contributed by atoms with E-state index in [1.54, 1.807) is 18.3 Å². The molecule has 0 aliphatic carbocycles. The summed E-state index contributed by atoms with van der Waals surface area (Å²) in [6, 6.07) is 4.85. The number of halogens is 2. The predicted molar refractivity (Wildman–Crippen MR) is 64.4 cm³/mol. The van der Waals surface area contributed by atoms with Crippen LogP contribution in [-0.2, 0) is 6.54 Å². The molecule has 1 aromatic carbocycles. The van der Waals surface area contributed by atoms with Crippen LogP contribution < -0.4 is 5.32 Å². The first-order chi connectivity index (χ1) is 7.72. The molecule has 0 amide bonds. The molecular weight excluding hydrogens is 273 g/mol. The van der Waals surface area contributed by atoms with Crippen LogP contribution in [0.1, 0.15) is 5.56 Å². The molecule has 84 valence electrons. The van der Waals surface area contributed by atoms with E-state index in [4.69, 9.17) is 0 Å². The minimum absolute atomic E-state index is 0.259. The molecule has 0 aliphatic rings. The molecular formula is C11H11BrFN3. The van der Waals surface area contributed by atoms with Crippen LogP contribution in [-0.4, -0.2) is 17.2 Å². The van der Waals surface area contributed by atoms with Gasteiger partial charge in [0.1, 0.15) is 5.82 Å². The number of aromatic nitrogens is 2. The second-order valence-corrected chi connectivity index (χ2v) is 4.34. The molecule has 0 aliphatic heterocycles. The lowest BCUT2D eigenvalue weighted by molar-refractivity contribution is 0.630. The van der Waals surface area contributed by atoms with Crippen LogP contribution in [0.15, 0.2) is 28.9 Å². The lowest BCUT2D eigenvalue weighted by Crippen LogP contribution is -2.05. The third-order valence-corrected chi connectivity index (χ3v) is 2.78. The van der Waals surface area contributed by atoms with Crippen LogP contribution in [0.3, 0.4) is 0 Å². The third kappa shape index (κ3) is 2.15. The fraction of sp³-hybridized carbons (Fsp3) is 0.182. The van der Waals surface area contributed by atoms with Crippen LogP contribution in [0.2, 0.25) is 0 Å². The average molecular weight is 284 g/mol. The third-order valence-electron chi connectivity index (χ3n) is 2.28. The van der Waals surface area contributed by atoms with Gasteiger partial charge in [-0.3, -0.25) is 5.10 Å². The first-order valence-corrected chi connectivity index (χ1v) is 5.64. The molecule has 16 heavy (non-hydrogen) atoms. The van der Waals surface area contributed by atoms with Crippen molar-refractivity contribution in [2.75, 3.05) is 7.05 Å². The van der Waals surface area contributed by atoms with Crippen molar-refractivity contribution in [3.63, 3.8) is 0 Å². The van der Waals surface area contributed by atoms with Crippen molar-refractivity contribution in [2.24, 2.45) is 0 Å². The first kappa shape index (κ1) is 11.3. The van der Waals surface area contributed by atoms with Gasteiger partial charge in [-0.25, -0.2) is 4.39 Å². The second-order valence-electron chi connectivity index (χ2n) is 3.42. The molecule has 2 N–H and O–H groups in total. The molecule has 0 spiro atoms. The Morgan fingerprint density at radius 1 is 1.50 bits per heavy atom. The highest BCUT2D eigenvalue weighted by Crippen LogP contribution is 2.27. The molecule has 0 unspecified atom stereocenters. The van der Waals surface area contributed by atoms with E-state index in [2.05, 4.69) is 31.4 Å². The maximum atomic E-state index is 13.7. The summed E-state index contributed by atoms with van der Waals surface area (Å²) in [6.07, 6.45) is 1.70. The largest absolute Gasteiger partial charge is 0.316 e. The summed E-state index contributed by atoms with van der Waals surface area (Å²) in [7, 11) is 1.84. The Balaban J connectivity index is 2.49. The van der Waals surface area contributed by atoms with E-state index >= 15 is 0 Å². The number of aromatic amines is 1. The number of hydrogen-bond donors (Lipinski definition) is 2. The molecule has 0 fully saturated rings. The van der Waals surface area contributed by atoms with Crippen LogP contribution in [0.5, 0.6) is 0 Å². The number of benzene rings is 1. The maximum absolute atomic E-state index is 13.7. The van der Waals surface area contributed by atoms with Crippen molar-refractivity contribution in [3.05, 3.63) is 40.2 Å². The minimum Gasteiger partial charge on any atom is -0.316 e. The van der Waals surface area contributed by atoms with Crippen LogP contribution in [0.4, 0.5) is 4.39 Å². The SMILES string of the molecule is CNCc1cn[nH]c1-c1cc(Br)ccc1F. The molecule has 0 atom stereocenters. The van der Waals surface area contributed by atoms with Crippen molar-refractivity contribution in [3.8, 4) is 11.3 Å². The van der Waals surface area contributed by atoms with Gasteiger partial charge in [0.2, 0.25) is 0 Å². The predicted octanol–water partition coefficient (Wildman–Crippen LogP) is 2.70. The molecule has 5 heteroatoms. The van der Waals surface area contributed by atoms with Gasteiger partial charge in [0.25, 0.3) is 0 Å². The van der Waals surface area contributed by atoms with Gasteiger partial charge in [-0.1, -0.05) is 15.9 Å². The second kappa shape index (κ2) is 4.76. The van der Waals surface area contributed by atoms with Gasteiger partial charge in [0, 0.05) is 22.1 Å². The van der Waals surface area contributed by atoms with Crippen molar-refractivity contribution in [2.45, 2.75) is 6.54 Å². The molecule has 1 heterocycles. The zero-order valence-corrected chi connectivity index (χ0v) is 10.3. The Labute approximate surface area is 101 Å². The van der Waals surface area contributed by atoms with Gasteiger partial charge in [0.15, 0.2) is 0 Å². The topological polar surface area (TPSA) is 40.7 Å². The van der Waals surface area contributed by atoms with E-state index in [1.807, 2.05) is 7.05 Å². The molecule has 2 rings (SSSR count). The van der Waals surface area contributed by atoms with Gasteiger partial charge < -0.3 is 5.32 Å². The van der Waals surface area contributed by atoms with E-state index in [0.29, 0.717) is 17.8 Å². The number of rotatable bonds is 3. The summed E-state index contributed by atoms with van der Waals surface area (Å²) in [6.45, 7) is 0.651. The Morgan fingerprint density at radius 3 is 3.06 bits per heavy atom. The van der Waals surface area contributed by atoms with Gasteiger partial charge >= 0.3 is 0 Å². The Morgan fingerprint density at radius 2 is 2.31 bits per heavy atom. The molecule has 3 nitrogen and oxygen atoms in total. The summed E-state index contributed by atoms with van der Waals surface area (Å²) in [5.41, 5.74) is 2.18. The standard InChI is InChI=1S/C11H11BrFN3/c1-14-5-7-6-15-16-11(7)9-4-8(12)2-3-10(9)13/h2-4,6,14H,5H2,1H3,(H,15,16). The van der Waals surface area contributed by atoms with Crippen molar-refractivity contribution in [1.29, 1.82) is 0 Å².